The number of benzene rings is 2. The first-order chi connectivity index (χ1) is 16.1. The fraction of sp³-hybridized carbons (Fsp3) is 0.308. The average molecular weight is 479 g/mol. The molecule has 1 aliphatic rings. The van der Waals surface area contributed by atoms with Crippen LogP contribution in [0.4, 0.5) is 10.5 Å². The van der Waals surface area contributed by atoms with E-state index >= 15 is 0 Å². The summed E-state index contributed by atoms with van der Waals surface area (Å²) in [7, 11) is 0. The van der Waals surface area contributed by atoms with Crippen LogP contribution in [0.25, 0.3) is 6.08 Å². The molecule has 0 aliphatic carbocycles. The second-order valence-corrected chi connectivity index (χ2v) is 9.63. The zero-order chi connectivity index (χ0) is 24.8. The molecule has 0 bridgehead atoms. The van der Waals surface area contributed by atoms with E-state index in [2.05, 4.69) is 29.5 Å². The summed E-state index contributed by atoms with van der Waals surface area (Å²) >= 11 is 1.11. The van der Waals surface area contributed by atoms with Gasteiger partial charge in [0.05, 0.1) is 11.4 Å². The molecule has 2 N–H and O–H groups in total. The molecule has 0 radical (unpaired) electrons. The molecule has 4 amide bonds. The van der Waals surface area contributed by atoms with Crippen molar-refractivity contribution in [1.82, 2.24) is 10.6 Å². The van der Waals surface area contributed by atoms with E-state index in [0.29, 0.717) is 22.5 Å². The SMILES string of the molecule is Cc1ccc(N2C(=O)C(=Cc3ccc(C(C)C)cc3)N=C2SCC(=O)NC(=O)NC(C)C)cc1. The molecule has 0 fully saturated rings. The van der Waals surface area contributed by atoms with Crippen LogP contribution in [0, 0.1) is 6.92 Å². The fourth-order valence-electron chi connectivity index (χ4n) is 3.24. The second-order valence-electron chi connectivity index (χ2n) is 8.69. The predicted octanol–water partition coefficient (Wildman–Crippen LogP) is 4.83. The van der Waals surface area contributed by atoms with Crippen LogP contribution in [-0.2, 0) is 9.59 Å². The number of carbonyl (C=O) groups is 3. The first-order valence-corrected chi connectivity index (χ1v) is 12.2. The van der Waals surface area contributed by atoms with Gasteiger partial charge in [-0.2, -0.15) is 0 Å². The van der Waals surface area contributed by atoms with Crippen LogP contribution >= 0.6 is 11.8 Å². The summed E-state index contributed by atoms with van der Waals surface area (Å²) in [5.74, 6) is -0.376. The maximum atomic E-state index is 13.3. The van der Waals surface area contributed by atoms with Gasteiger partial charge in [0.15, 0.2) is 5.17 Å². The van der Waals surface area contributed by atoms with Gasteiger partial charge in [0, 0.05) is 6.04 Å². The van der Waals surface area contributed by atoms with Crippen LogP contribution in [0.5, 0.6) is 0 Å². The van der Waals surface area contributed by atoms with Crippen molar-refractivity contribution in [3.05, 3.63) is 70.9 Å². The van der Waals surface area contributed by atoms with Crippen LogP contribution in [-0.4, -0.2) is 34.8 Å². The Bertz CT molecular complexity index is 1120. The summed E-state index contributed by atoms with van der Waals surface area (Å²) in [6, 6.07) is 14.9. The molecule has 0 spiro atoms. The van der Waals surface area contributed by atoms with Gasteiger partial charge in [-0.3, -0.25) is 19.8 Å². The lowest BCUT2D eigenvalue weighted by Gasteiger charge is -2.18. The van der Waals surface area contributed by atoms with Crippen molar-refractivity contribution in [2.45, 2.75) is 46.6 Å². The molecule has 34 heavy (non-hydrogen) atoms. The normalized spacial score (nSPS) is 14.7. The van der Waals surface area contributed by atoms with Gasteiger partial charge in [-0.15, -0.1) is 0 Å². The Hall–Kier alpha value is -3.39. The molecule has 0 saturated heterocycles. The molecular formula is C26H30N4O3S. The third-order valence-electron chi connectivity index (χ3n) is 5.03. The van der Waals surface area contributed by atoms with E-state index in [1.54, 1.807) is 19.9 Å². The van der Waals surface area contributed by atoms with Gasteiger partial charge in [0.25, 0.3) is 5.91 Å². The lowest BCUT2D eigenvalue weighted by Crippen LogP contribution is -2.43. The summed E-state index contributed by atoms with van der Waals surface area (Å²) < 4.78 is 0. The summed E-state index contributed by atoms with van der Waals surface area (Å²) in [6.07, 6.45) is 1.75. The van der Waals surface area contributed by atoms with Gasteiger partial charge < -0.3 is 5.32 Å². The minimum atomic E-state index is -0.550. The molecule has 2 aromatic carbocycles. The van der Waals surface area contributed by atoms with Crippen molar-refractivity contribution >= 4 is 46.5 Å². The zero-order valence-electron chi connectivity index (χ0n) is 20.1. The number of aryl methyl sites for hydroxylation is 1. The number of nitrogens with zero attached hydrogens (tertiary/aromatic N) is 2. The largest absolute Gasteiger partial charge is 0.336 e. The molecular weight excluding hydrogens is 448 g/mol. The number of aliphatic imine (C=N–C) groups is 1. The summed E-state index contributed by atoms with van der Waals surface area (Å²) in [4.78, 5) is 43.4. The number of thioether (sulfide) groups is 1. The van der Waals surface area contributed by atoms with Gasteiger partial charge in [-0.1, -0.05) is 67.6 Å². The summed E-state index contributed by atoms with van der Waals surface area (Å²) in [5, 5.41) is 5.29. The van der Waals surface area contributed by atoms with E-state index in [-0.39, 0.29) is 17.7 Å². The monoisotopic (exact) mass is 478 g/mol. The van der Waals surface area contributed by atoms with E-state index < -0.39 is 11.9 Å². The molecule has 0 saturated carbocycles. The maximum Gasteiger partial charge on any atom is 0.321 e. The van der Waals surface area contributed by atoms with Crippen molar-refractivity contribution < 1.29 is 14.4 Å². The lowest BCUT2D eigenvalue weighted by molar-refractivity contribution is -0.117. The van der Waals surface area contributed by atoms with Crippen molar-refractivity contribution in [1.29, 1.82) is 0 Å². The van der Waals surface area contributed by atoms with Gasteiger partial charge in [-0.25, -0.2) is 9.79 Å². The van der Waals surface area contributed by atoms with Gasteiger partial charge >= 0.3 is 6.03 Å². The quantitative estimate of drug-likeness (QED) is 0.582. The number of carbonyl (C=O) groups excluding carboxylic acids is 3. The van der Waals surface area contributed by atoms with Crippen molar-refractivity contribution in [2.75, 3.05) is 10.7 Å². The molecule has 7 nitrogen and oxygen atoms in total. The van der Waals surface area contributed by atoms with Crippen LogP contribution in [0.2, 0.25) is 0 Å². The number of rotatable bonds is 6. The van der Waals surface area contributed by atoms with E-state index in [9.17, 15) is 14.4 Å². The van der Waals surface area contributed by atoms with Gasteiger partial charge in [-0.05, 0) is 56.0 Å². The van der Waals surface area contributed by atoms with E-state index in [1.165, 1.54) is 10.5 Å². The Morgan fingerprint density at radius 3 is 2.26 bits per heavy atom. The standard InChI is InChI=1S/C26H30N4O3S/c1-16(2)20-10-8-19(9-11-20)14-22-24(32)30(21-12-6-18(5)7-13-21)26(28-22)34-15-23(31)29-25(33)27-17(3)4/h6-14,16-17H,15H2,1-5H3,(H2,27,29,31,33). The Labute approximate surface area is 204 Å². The molecule has 1 aliphatic heterocycles. The third kappa shape index (κ3) is 6.57. The number of amides is 4. The minimum Gasteiger partial charge on any atom is -0.336 e. The Kier molecular flexibility index (Phi) is 8.28. The highest BCUT2D eigenvalue weighted by molar-refractivity contribution is 8.14. The maximum absolute atomic E-state index is 13.3. The minimum absolute atomic E-state index is 0.0592. The van der Waals surface area contributed by atoms with E-state index in [0.717, 1.165) is 22.9 Å². The van der Waals surface area contributed by atoms with Crippen LogP contribution < -0.4 is 15.5 Å². The fourth-order valence-corrected chi connectivity index (χ4v) is 4.05. The lowest BCUT2D eigenvalue weighted by atomic mass is 10.0. The first-order valence-electron chi connectivity index (χ1n) is 11.2. The molecule has 178 valence electrons. The van der Waals surface area contributed by atoms with Crippen LogP contribution in [0.1, 0.15) is 50.3 Å². The number of urea groups is 1. The highest BCUT2D eigenvalue weighted by Gasteiger charge is 2.32. The van der Waals surface area contributed by atoms with Gasteiger partial charge in [0.2, 0.25) is 5.91 Å². The summed E-state index contributed by atoms with van der Waals surface area (Å²) in [6.45, 7) is 9.84. The molecule has 1 heterocycles. The number of nitrogens with one attached hydrogen (secondary N) is 2. The van der Waals surface area contributed by atoms with Gasteiger partial charge in [0.1, 0.15) is 5.70 Å². The number of anilines is 1. The molecule has 0 unspecified atom stereocenters. The van der Waals surface area contributed by atoms with E-state index in [1.807, 2.05) is 55.5 Å². The van der Waals surface area contributed by atoms with Crippen molar-refractivity contribution in [3.8, 4) is 0 Å². The number of hydrogen-bond donors (Lipinski definition) is 2. The smallest absolute Gasteiger partial charge is 0.321 e. The first kappa shape index (κ1) is 25.2. The number of imide groups is 1. The topological polar surface area (TPSA) is 90.9 Å². The number of amidine groups is 1. The average Bonchev–Trinajstić information content (AvgIpc) is 3.07. The predicted molar refractivity (Wildman–Crippen MR) is 139 cm³/mol. The van der Waals surface area contributed by atoms with Crippen LogP contribution in [0.3, 0.4) is 0 Å². The highest BCUT2D eigenvalue weighted by Crippen LogP contribution is 2.30. The third-order valence-corrected chi connectivity index (χ3v) is 5.97. The second kappa shape index (κ2) is 11.2. The number of hydrogen-bond acceptors (Lipinski definition) is 5. The molecule has 8 heteroatoms. The zero-order valence-corrected chi connectivity index (χ0v) is 20.9. The van der Waals surface area contributed by atoms with Crippen molar-refractivity contribution in [2.24, 2.45) is 4.99 Å². The Balaban J connectivity index is 1.82. The highest BCUT2D eigenvalue weighted by atomic mass is 32.2. The Morgan fingerprint density at radius 1 is 1.03 bits per heavy atom. The Morgan fingerprint density at radius 2 is 1.68 bits per heavy atom. The summed E-state index contributed by atoms with van der Waals surface area (Å²) in [5.41, 5.74) is 4.11. The van der Waals surface area contributed by atoms with Crippen LogP contribution in [0.15, 0.2) is 59.2 Å². The molecule has 2 aromatic rings. The molecule has 0 aromatic heterocycles. The molecule has 3 rings (SSSR count). The van der Waals surface area contributed by atoms with Crippen molar-refractivity contribution in [3.63, 3.8) is 0 Å². The molecule has 0 atom stereocenters. The van der Waals surface area contributed by atoms with E-state index in [4.69, 9.17) is 0 Å².